The van der Waals surface area contributed by atoms with Crippen molar-refractivity contribution in [3.8, 4) is 22.4 Å². The Hall–Kier alpha value is -3.25. The van der Waals surface area contributed by atoms with Gasteiger partial charge in [0, 0.05) is 54.4 Å². The normalized spacial score (nSPS) is 13.7. The highest BCUT2D eigenvalue weighted by atomic mass is 15.2. The van der Waals surface area contributed by atoms with Gasteiger partial charge in [-0.1, -0.05) is 26.0 Å². The fraction of sp³-hybridized carbons (Fsp3) is 0.320. The predicted octanol–water partition coefficient (Wildman–Crippen LogP) is 4.74. The molecule has 0 saturated carbocycles. The number of benzene rings is 1. The number of piperazine rings is 1. The third-order valence-corrected chi connectivity index (χ3v) is 5.65. The molecule has 3 aromatic heterocycles. The maximum Gasteiger partial charge on any atom is 0.128 e. The maximum atomic E-state index is 4.71. The van der Waals surface area contributed by atoms with E-state index < -0.39 is 0 Å². The summed E-state index contributed by atoms with van der Waals surface area (Å²) < 4.78 is 0. The number of aryl methyl sites for hydroxylation is 2. The SMILES string of the molecule is CC.Cc1cc(-c2[nH]c3cc(-c4ccc(N5CCNCC5)nc4)ccc3c2C)cnn1. The Morgan fingerprint density at radius 3 is 2.35 bits per heavy atom. The van der Waals surface area contributed by atoms with E-state index in [9.17, 15) is 0 Å². The summed E-state index contributed by atoms with van der Waals surface area (Å²) in [6.45, 7) is 12.2. The number of pyridine rings is 1. The van der Waals surface area contributed by atoms with Gasteiger partial charge in [0.1, 0.15) is 5.82 Å². The number of hydrogen-bond acceptors (Lipinski definition) is 5. The second kappa shape index (κ2) is 9.27. The first-order chi connectivity index (χ1) is 15.2. The van der Waals surface area contributed by atoms with E-state index in [0.717, 1.165) is 65.6 Å². The lowest BCUT2D eigenvalue weighted by molar-refractivity contribution is 0.585. The Morgan fingerprint density at radius 1 is 0.871 bits per heavy atom. The molecule has 160 valence electrons. The molecule has 1 saturated heterocycles. The van der Waals surface area contributed by atoms with Crippen LogP contribution in [0.4, 0.5) is 5.82 Å². The zero-order valence-electron chi connectivity index (χ0n) is 18.7. The van der Waals surface area contributed by atoms with Crippen molar-refractivity contribution in [2.24, 2.45) is 0 Å². The molecule has 4 aromatic rings. The van der Waals surface area contributed by atoms with E-state index >= 15 is 0 Å². The summed E-state index contributed by atoms with van der Waals surface area (Å²) in [7, 11) is 0. The minimum Gasteiger partial charge on any atom is -0.354 e. The number of aromatic amines is 1. The molecule has 6 nitrogen and oxygen atoms in total. The first kappa shape index (κ1) is 21.0. The number of hydrogen-bond donors (Lipinski definition) is 2. The molecule has 0 unspecified atom stereocenters. The molecule has 0 bridgehead atoms. The fourth-order valence-electron chi connectivity index (χ4n) is 4.05. The van der Waals surface area contributed by atoms with Crippen molar-refractivity contribution in [3.63, 3.8) is 0 Å². The number of rotatable bonds is 3. The highest BCUT2D eigenvalue weighted by Gasteiger charge is 2.13. The number of H-pyrrole nitrogens is 1. The van der Waals surface area contributed by atoms with Crippen LogP contribution in [0.1, 0.15) is 25.1 Å². The quantitative estimate of drug-likeness (QED) is 0.507. The van der Waals surface area contributed by atoms with Gasteiger partial charge in [-0.05, 0) is 49.2 Å². The molecular weight excluding hydrogens is 384 g/mol. The number of nitrogens with one attached hydrogen (secondary N) is 2. The van der Waals surface area contributed by atoms with Gasteiger partial charge in [0.15, 0.2) is 0 Å². The summed E-state index contributed by atoms with van der Waals surface area (Å²) in [5.74, 6) is 1.05. The molecule has 6 heteroatoms. The molecule has 0 amide bonds. The van der Waals surface area contributed by atoms with Crippen molar-refractivity contribution in [2.75, 3.05) is 31.1 Å². The van der Waals surface area contributed by atoms with Crippen LogP contribution in [0, 0.1) is 13.8 Å². The number of fused-ring (bicyclic) bond motifs is 1. The smallest absolute Gasteiger partial charge is 0.128 e. The molecule has 4 heterocycles. The molecule has 0 spiro atoms. The Morgan fingerprint density at radius 2 is 1.65 bits per heavy atom. The van der Waals surface area contributed by atoms with Gasteiger partial charge in [0.2, 0.25) is 0 Å². The van der Waals surface area contributed by atoms with Crippen LogP contribution in [0.2, 0.25) is 0 Å². The Kier molecular flexibility index (Phi) is 6.28. The van der Waals surface area contributed by atoms with E-state index in [1.165, 1.54) is 10.9 Å². The molecule has 5 rings (SSSR count). The van der Waals surface area contributed by atoms with E-state index in [2.05, 4.69) is 68.7 Å². The monoisotopic (exact) mass is 414 g/mol. The van der Waals surface area contributed by atoms with Crippen molar-refractivity contribution in [1.82, 2.24) is 25.5 Å². The van der Waals surface area contributed by atoms with Crippen LogP contribution in [0.5, 0.6) is 0 Å². The minimum atomic E-state index is 0.914. The highest BCUT2D eigenvalue weighted by molar-refractivity contribution is 5.93. The lowest BCUT2D eigenvalue weighted by atomic mass is 10.0. The van der Waals surface area contributed by atoms with E-state index in [4.69, 9.17) is 4.98 Å². The van der Waals surface area contributed by atoms with Gasteiger partial charge in [-0.3, -0.25) is 0 Å². The van der Waals surface area contributed by atoms with E-state index in [0.29, 0.717) is 0 Å². The average Bonchev–Trinajstić information content (AvgIpc) is 3.17. The van der Waals surface area contributed by atoms with Crippen molar-refractivity contribution in [1.29, 1.82) is 0 Å². The van der Waals surface area contributed by atoms with Gasteiger partial charge in [-0.25, -0.2) is 4.98 Å². The zero-order valence-corrected chi connectivity index (χ0v) is 18.7. The zero-order chi connectivity index (χ0) is 21.8. The van der Waals surface area contributed by atoms with E-state index in [1.54, 1.807) is 0 Å². The maximum absolute atomic E-state index is 4.71. The second-order valence-corrected chi connectivity index (χ2v) is 7.61. The van der Waals surface area contributed by atoms with Crippen LogP contribution in [-0.4, -0.2) is 46.3 Å². The molecule has 0 atom stereocenters. The lowest BCUT2D eigenvalue weighted by Gasteiger charge is -2.28. The van der Waals surface area contributed by atoms with Crippen molar-refractivity contribution in [2.45, 2.75) is 27.7 Å². The van der Waals surface area contributed by atoms with Crippen LogP contribution >= 0.6 is 0 Å². The van der Waals surface area contributed by atoms with Crippen molar-refractivity contribution in [3.05, 3.63) is 60.0 Å². The largest absolute Gasteiger partial charge is 0.354 e. The Balaban J connectivity index is 0.00000112. The first-order valence-electron chi connectivity index (χ1n) is 11.0. The summed E-state index contributed by atoms with van der Waals surface area (Å²) >= 11 is 0. The fourth-order valence-corrected chi connectivity index (χ4v) is 4.05. The van der Waals surface area contributed by atoms with E-state index in [1.807, 2.05) is 33.2 Å². The number of anilines is 1. The Bertz CT molecular complexity index is 1160. The van der Waals surface area contributed by atoms with Crippen LogP contribution in [0.3, 0.4) is 0 Å². The molecule has 2 N–H and O–H groups in total. The molecule has 0 aliphatic carbocycles. The van der Waals surface area contributed by atoms with Gasteiger partial charge in [0.25, 0.3) is 0 Å². The van der Waals surface area contributed by atoms with Gasteiger partial charge in [-0.15, -0.1) is 0 Å². The summed E-state index contributed by atoms with van der Waals surface area (Å²) in [6, 6.07) is 12.9. The minimum absolute atomic E-state index is 0.914. The number of nitrogens with zero attached hydrogens (tertiary/aromatic N) is 4. The topological polar surface area (TPSA) is 69.7 Å². The standard InChI is InChI=1S/C23H24N6.C2H6/c1-15-11-19(14-26-28-15)23-16(2)20-5-3-17(12-21(20)27-23)18-4-6-22(25-13-18)29-9-7-24-8-10-29;1-2/h3-6,11-14,24,27H,7-10H2,1-2H3;1-2H3. The number of aromatic nitrogens is 4. The van der Waals surface area contributed by atoms with Crippen LogP contribution in [0.25, 0.3) is 33.3 Å². The third-order valence-electron chi connectivity index (χ3n) is 5.65. The molecule has 1 aromatic carbocycles. The summed E-state index contributed by atoms with van der Waals surface area (Å²) in [5, 5.41) is 12.8. The van der Waals surface area contributed by atoms with Crippen LogP contribution in [0.15, 0.2) is 48.8 Å². The van der Waals surface area contributed by atoms with Crippen molar-refractivity contribution >= 4 is 16.7 Å². The molecule has 0 radical (unpaired) electrons. The Labute approximate surface area is 183 Å². The second-order valence-electron chi connectivity index (χ2n) is 7.61. The molecule has 1 aliphatic rings. The predicted molar refractivity (Wildman–Crippen MR) is 128 cm³/mol. The van der Waals surface area contributed by atoms with Crippen LogP contribution < -0.4 is 10.2 Å². The van der Waals surface area contributed by atoms with Gasteiger partial charge >= 0.3 is 0 Å². The third kappa shape index (κ3) is 4.30. The molecule has 31 heavy (non-hydrogen) atoms. The molecule has 1 aliphatic heterocycles. The lowest BCUT2D eigenvalue weighted by Crippen LogP contribution is -2.43. The molecular formula is C25H30N6. The van der Waals surface area contributed by atoms with Gasteiger partial charge in [0.05, 0.1) is 17.6 Å². The average molecular weight is 415 g/mol. The summed E-state index contributed by atoms with van der Waals surface area (Å²) in [5.41, 5.74) is 7.71. The first-order valence-corrected chi connectivity index (χ1v) is 11.0. The molecule has 1 fully saturated rings. The van der Waals surface area contributed by atoms with E-state index in [-0.39, 0.29) is 0 Å². The summed E-state index contributed by atoms with van der Waals surface area (Å²) in [6.07, 6.45) is 3.79. The van der Waals surface area contributed by atoms with Crippen LogP contribution in [-0.2, 0) is 0 Å². The summed E-state index contributed by atoms with van der Waals surface area (Å²) in [4.78, 5) is 10.6. The van der Waals surface area contributed by atoms with Gasteiger partial charge < -0.3 is 15.2 Å². The van der Waals surface area contributed by atoms with Crippen molar-refractivity contribution < 1.29 is 0 Å². The highest BCUT2D eigenvalue weighted by Crippen LogP contribution is 2.32. The van der Waals surface area contributed by atoms with Gasteiger partial charge in [-0.2, -0.15) is 10.2 Å².